The summed E-state index contributed by atoms with van der Waals surface area (Å²) >= 11 is 0. The zero-order valence-corrected chi connectivity index (χ0v) is 26.9. The number of carbonyl (C=O) groups is 3. The molecule has 0 radical (unpaired) electrons. The lowest BCUT2D eigenvalue weighted by Gasteiger charge is -2.19. The van der Waals surface area contributed by atoms with Crippen LogP contribution in [-0.2, 0) is 35.2 Å². The second-order valence-electron chi connectivity index (χ2n) is 12.8. The highest BCUT2D eigenvalue weighted by molar-refractivity contribution is 6.21. The number of fused-ring (bicyclic) bond motifs is 1. The molecule has 4 rings (SSSR count). The van der Waals surface area contributed by atoms with E-state index in [0.717, 1.165) is 60.2 Å². The Labute approximate surface area is 262 Å². The molecule has 0 aliphatic carbocycles. The van der Waals surface area contributed by atoms with Crippen molar-refractivity contribution in [1.29, 1.82) is 0 Å². The molecule has 234 valence electrons. The third-order valence-electron chi connectivity index (χ3n) is 7.57. The Kier molecular flexibility index (Phi) is 11.3. The minimum absolute atomic E-state index is 0.230. The van der Waals surface area contributed by atoms with Crippen LogP contribution >= 0.6 is 0 Å². The number of unbranched alkanes of at least 4 members (excludes halogenated alkanes) is 1. The SMILES string of the molecule is CN(C)CCCCOc1ccccc1CCc1cc(CCC(=O)OC(C)(C)C)cc(CCN2C(=O)c3ccccc3C2=O)c1. The molecule has 0 N–H and O–H groups in total. The molecule has 0 saturated heterocycles. The number of amides is 2. The molecule has 7 nitrogen and oxygen atoms in total. The van der Waals surface area contributed by atoms with Crippen molar-refractivity contribution in [3.8, 4) is 5.75 Å². The van der Waals surface area contributed by atoms with Crippen molar-refractivity contribution in [2.45, 2.75) is 71.3 Å². The Balaban J connectivity index is 1.45. The highest BCUT2D eigenvalue weighted by Gasteiger charge is 2.34. The average molecular weight is 599 g/mol. The topological polar surface area (TPSA) is 76.2 Å². The smallest absolute Gasteiger partial charge is 0.306 e. The van der Waals surface area contributed by atoms with E-state index in [2.05, 4.69) is 43.3 Å². The Morgan fingerprint density at radius 3 is 2.00 bits per heavy atom. The lowest BCUT2D eigenvalue weighted by Crippen LogP contribution is -2.31. The lowest BCUT2D eigenvalue weighted by molar-refractivity contribution is -0.154. The van der Waals surface area contributed by atoms with Gasteiger partial charge in [0.15, 0.2) is 0 Å². The van der Waals surface area contributed by atoms with E-state index in [0.29, 0.717) is 37.1 Å². The van der Waals surface area contributed by atoms with Crippen LogP contribution in [0.4, 0.5) is 0 Å². The van der Waals surface area contributed by atoms with Gasteiger partial charge in [0.25, 0.3) is 11.8 Å². The fraction of sp³-hybridized carbons (Fsp3) is 0.432. The highest BCUT2D eigenvalue weighted by atomic mass is 16.6. The third kappa shape index (κ3) is 9.52. The molecular formula is C37H46N2O5. The molecule has 0 bridgehead atoms. The summed E-state index contributed by atoms with van der Waals surface area (Å²) in [5.74, 6) is 0.201. The van der Waals surface area contributed by atoms with Crippen LogP contribution in [-0.4, -0.2) is 67.0 Å². The molecule has 3 aromatic carbocycles. The fourth-order valence-electron chi connectivity index (χ4n) is 5.44. The molecule has 0 saturated carbocycles. The van der Waals surface area contributed by atoms with Gasteiger partial charge in [-0.1, -0.05) is 48.5 Å². The molecule has 3 aromatic rings. The molecule has 1 aliphatic rings. The van der Waals surface area contributed by atoms with E-state index in [1.54, 1.807) is 24.3 Å². The van der Waals surface area contributed by atoms with Gasteiger partial charge >= 0.3 is 5.97 Å². The zero-order valence-electron chi connectivity index (χ0n) is 26.9. The number of esters is 1. The minimum atomic E-state index is -0.529. The van der Waals surface area contributed by atoms with Crippen LogP contribution in [0, 0.1) is 0 Å². The monoisotopic (exact) mass is 598 g/mol. The van der Waals surface area contributed by atoms with Gasteiger partial charge in [0.05, 0.1) is 17.7 Å². The van der Waals surface area contributed by atoms with Crippen molar-refractivity contribution in [3.05, 3.63) is 100 Å². The predicted octanol–water partition coefficient (Wildman–Crippen LogP) is 6.31. The first-order chi connectivity index (χ1) is 21.0. The number of imide groups is 1. The van der Waals surface area contributed by atoms with Crippen molar-refractivity contribution in [2.75, 3.05) is 33.8 Å². The van der Waals surface area contributed by atoms with E-state index in [4.69, 9.17) is 9.47 Å². The van der Waals surface area contributed by atoms with Crippen molar-refractivity contribution >= 4 is 17.8 Å². The van der Waals surface area contributed by atoms with Gasteiger partial charge in [0.1, 0.15) is 11.4 Å². The Hall–Kier alpha value is -3.97. The first kappa shape index (κ1) is 32.9. The maximum Gasteiger partial charge on any atom is 0.306 e. The van der Waals surface area contributed by atoms with Gasteiger partial charge in [-0.25, -0.2) is 0 Å². The molecule has 0 aromatic heterocycles. The molecule has 0 atom stereocenters. The van der Waals surface area contributed by atoms with Crippen LogP contribution in [0.5, 0.6) is 5.75 Å². The quantitative estimate of drug-likeness (QED) is 0.116. The maximum absolute atomic E-state index is 12.9. The number of ether oxygens (including phenoxy) is 2. The van der Waals surface area contributed by atoms with Gasteiger partial charge in [0.2, 0.25) is 0 Å². The van der Waals surface area contributed by atoms with Gasteiger partial charge in [-0.2, -0.15) is 0 Å². The number of rotatable bonds is 15. The molecular weight excluding hydrogens is 552 g/mol. The van der Waals surface area contributed by atoms with Crippen LogP contribution in [0.15, 0.2) is 66.7 Å². The van der Waals surface area contributed by atoms with Crippen molar-refractivity contribution < 1.29 is 23.9 Å². The van der Waals surface area contributed by atoms with Crippen molar-refractivity contribution in [2.24, 2.45) is 0 Å². The largest absolute Gasteiger partial charge is 0.493 e. The number of aryl methyl sites for hydroxylation is 3. The highest BCUT2D eigenvalue weighted by Crippen LogP contribution is 2.25. The molecule has 0 spiro atoms. The Bertz CT molecular complexity index is 1420. The average Bonchev–Trinajstić information content (AvgIpc) is 3.22. The van der Waals surface area contributed by atoms with Crippen LogP contribution in [0.3, 0.4) is 0 Å². The number of para-hydroxylation sites is 1. The summed E-state index contributed by atoms with van der Waals surface area (Å²) in [5.41, 5.74) is 4.76. The van der Waals surface area contributed by atoms with E-state index in [1.165, 1.54) is 4.90 Å². The summed E-state index contributed by atoms with van der Waals surface area (Å²) < 4.78 is 11.7. The summed E-state index contributed by atoms with van der Waals surface area (Å²) in [6.07, 6.45) is 5.06. The van der Waals surface area contributed by atoms with Crippen LogP contribution in [0.2, 0.25) is 0 Å². The standard InChI is InChI=1S/C37H46N2O5/c1-37(2,3)44-34(40)19-17-28-24-27(16-18-30-12-6-9-15-33(30)43-23-11-10-21-38(4)5)25-29(26-28)20-22-39-35(41)31-13-7-8-14-32(31)36(39)42/h6-9,12-15,24-26H,10-11,16-23H2,1-5H3. The van der Waals surface area contributed by atoms with E-state index in [1.807, 2.05) is 39.0 Å². The van der Waals surface area contributed by atoms with E-state index >= 15 is 0 Å². The molecule has 1 aliphatic heterocycles. The molecule has 0 unspecified atom stereocenters. The van der Waals surface area contributed by atoms with Gasteiger partial charge in [-0.05, 0) is 120 Å². The first-order valence-electron chi connectivity index (χ1n) is 15.6. The minimum Gasteiger partial charge on any atom is -0.493 e. The fourth-order valence-corrected chi connectivity index (χ4v) is 5.44. The molecule has 44 heavy (non-hydrogen) atoms. The van der Waals surface area contributed by atoms with Crippen LogP contribution in [0.25, 0.3) is 0 Å². The normalized spacial score (nSPS) is 13.0. The summed E-state index contributed by atoms with van der Waals surface area (Å²) in [7, 11) is 4.16. The zero-order chi connectivity index (χ0) is 31.7. The number of nitrogens with zero attached hydrogens (tertiary/aromatic N) is 2. The molecule has 1 heterocycles. The van der Waals surface area contributed by atoms with E-state index < -0.39 is 5.60 Å². The van der Waals surface area contributed by atoms with Crippen molar-refractivity contribution in [3.63, 3.8) is 0 Å². The molecule has 7 heteroatoms. The molecule has 2 amide bonds. The van der Waals surface area contributed by atoms with Gasteiger partial charge in [0, 0.05) is 13.0 Å². The second kappa shape index (κ2) is 15.2. The summed E-state index contributed by atoms with van der Waals surface area (Å²) in [6, 6.07) is 21.6. The summed E-state index contributed by atoms with van der Waals surface area (Å²) in [5, 5.41) is 0. The predicted molar refractivity (Wildman–Crippen MR) is 173 cm³/mol. The van der Waals surface area contributed by atoms with Crippen LogP contribution < -0.4 is 4.74 Å². The number of carbonyl (C=O) groups excluding carboxylic acids is 3. The lowest BCUT2D eigenvalue weighted by atomic mass is 9.96. The Morgan fingerprint density at radius 1 is 0.773 bits per heavy atom. The van der Waals surface area contributed by atoms with Gasteiger partial charge < -0.3 is 14.4 Å². The second-order valence-corrected chi connectivity index (χ2v) is 12.8. The van der Waals surface area contributed by atoms with E-state index in [9.17, 15) is 14.4 Å². The molecule has 0 fully saturated rings. The van der Waals surface area contributed by atoms with Gasteiger partial charge in [-0.3, -0.25) is 19.3 Å². The number of hydrogen-bond donors (Lipinski definition) is 0. The first-order valence-corrected chi connectivity index (χ1v) is 15.6. The summed E-state index contributed by atoms with van der Waals surface area (Å²) in [4.78, 5) is 41.8. The number of hydrogen-bond acceptors (Lipinski definition) is 6. The van der Waals surface area contributed by atoms with Crippen molar-refractivity contribution in [1.82, 2.24) is 9.80 Å². The summed E-state index contributed by atoms with van der Waals surface area (Å²) in [6.45, 7) is 7.64. The third-order valence-corrected chi connectivity index (χ3v) is 7.57. The van der Waals surface area contributed by atoms with E-state index in [-0.39, 0.29) is 24.2 Å². The van der Waals surface area contributed by atoms with Gasteiger partial charge in [-0.15, -0.1) is 0 Å². The number of benzene rings is 3. The Morgan fingerprint density at radius 2 is 1.36 bits per heavy atom. The maximum atomic E-state index is 12.9. The van der Waals surface area contributed by atoms with Crippen LogP contribution in [0.1, 0.15) is 83.0 Å².